The summed E-state index contributed by atoms with van der Waals surface area (Å²) in [5, 5.41) is 10.2. The first-order valence-corrected chi connectivity index (χ1v) is 5.85. The number of aryl methyl sites for hydroxylation is 2. The van der Waals surface area contributed by atoms with Gasteiger partial charge in [0.2, 0.25) is 0 Å². The summed E-state index contributed by atoms with van der Waals surface area (Å²) >= 11 is 0. The Bertz CT molecular complexity index is 535. The van der Waals surface area contributed by atoms with E-state index in [0.29, 0.717) is 23.5 Å². The molecule has 2 aromatic rings. The number of hydrogen-bond donors (Lipinski definition) is 2. The number of hydrogen-bond acceptors (Lipinski definition) is 6. The van der Waals surface area contributed by atoms with Crippen LogP contribution in [0.2, 0.25) is 0 Å². The molecule has 0 bridgehead atoms. The van der Waals surface area contributed by atoms with Crippen molar-refractivity contribution in [3.8, 4) is 0 Å². The summed E-state index contributed by atoms with van der Waals surface area (Å²) in [4.78, 5) is 8.62. The van der Waals surface area contributed by atoms with Gasteiger partial charge in [-0.1, -0.05) is 5.16 Å². The van der Waals surface area contributed by atoms with E-state index >= 15 is 0 Å². The second kappa shape index (κ2) is 5.03. The van der Waals surface area contributed by atoms with Gasteiger partial charge in [-0.2, -0.15) is 0 Å². The summed E-state index contributed by atoms with van der Waals surface area (Å²) in [5.41, 5.74) is 0. The zero-order valence-electron chi connectivity index (χ0n) is 11.0. The Morgan fingerprint density at radius 2 is 1.78 bits per heavy atom. The first-order chi connectivity index (χ1) is 8.52. The maximum Gasteiger partial charge on any atom is 0.175 e. The first-order valence-electron chi connectivity index (χ1n) is 5.85. The van der Waals surface area contributed by atoms with E-state index in [2.05, 4.69) is 39.6 Å². The Morgan fingerprint density at radius 3 is 2.39 bits per heavy atom. The fourth-order valence-electron chi connectivity index (χ4n) is 1.56. The van der Waals surface area contributed by atoms with Crippen LogP contribution in [0.1, 0.15) is 25.4 Å². The van der Waals surface area contributed by atoms with Crippen LogP contribution in [0.15, 0.2) is 16.7 Å². The highest BCUT2D eigenvalue weighted by Crippen LogP contribution is 2.17. The summed E-state index contributed by atoms with van der Waals surface area (Å²) in [7, 11) is 0. The van der Waals surface area contributed by atoms with Crippen molar-refractivity contribution in [3.63, 3.8) is 0 Å². The zero-order valence-corrected chi connectivity index (χ0v) is 11.0. The fraction of sp³-hybridized carbons (Fsp3) is 0.417. The molecule has 0 aliphatic heterocycles. The molecule has 0 aliphatic carbocycles. The summed E-state index contributed by atoms with van der Waals surface area (Å²) in [6, 6.07) is 3.98. The van der Waals surface area contributed by atoms with Gasteiger partial charge in [-0.25, -0.2) is 9.97 Å². The van der Waals surface area contributed by atoms with Crippen molar-refractivity contribution in [1.82, 2.24) is 15.1 Å². The molecular weight excluding hydrogens is 230 g/mol. The molecule has 0 fully saturated rings. The topological polar surface area (TPSA) is 75.9 Å². The lowest BCUT2D eigenvalue weighted by molar-refractivity contribution is 0.400. The quantitative estimate of drug-likeness (QED) is 0.865. The van der Waals surface area contributed by atoms with E-state index in [-0.39, 0.29) is 0 Å². The van der Waals surface area contributed by atoms with E-state index in [1.165, 1.54) is 0 Å². The third-order valence-electron chi connectivity index (χ3n) is 2.16. The molecule has 0 radical (unpaired) electrons. The number of rotatable bonds is 4. The van der Waals surface area contributed by atoms with Crippen molar-refractivity contribution in [2.75, 3.05) is 10.6 Å². The molecule has 0 unspecified atom stereocenters. The minimum absolute atomic E-state index is 0.321. The highest BCUT2D eigenvalue weighted by Gasteiger charge is 2.05. The SMILES string of the molecule is Cc1nc(Nc2cc(C)on2)cc(NC(C)C)n1. The lowest BCUT2D eigenvalue weighted by Crippen LogP contribution is -2.12. The number of nitrogens with zero attached hydrogens (tertiary/aromatic N) is 3. The van der Waals surface area contributed by atoms with Crippen LogP contribution in [-0.4, -0.2) is 21.2 Å². The molecule has 2 aromatic heterocycles. The van der Waals surface area contributed by atoms with Gasteiger partial charge in [0.15, 0.2) is 5.82 Å². The Labute approximate surface area is 106 Å². The molecule has 96 valence electrons. The second-order valence-corrected chi connectivity index (χ2v) is 4.43. The molecule has 0 amide bonds. The summed E-state index contributed by atoms with van der Waals surface area (Å²) < 4.78 is 4.99. The molecule has 0 saturated carbocycles. The molecule has 18 heavy (non-hydrogen) atoms. The number of nitrogens with one attached hydrogen (secondary N) is 2. The minimum atomic E-state index is 0.321. The minimum Gasteiger partial charge on any atom is -0.368 e. The number of aromatic nitrogens is 3. The third-order valence-corrected chi connectivity index (χ3v) is 2.16. The van der Waals surface area contributed by atoms with Crippen LogP contribution in [0, 0.1) is 13.8 Å². The molecular formula is C12H17N5O. The van der Waals surface area contributed by atoms with Crippen LogP contribution >= 0.6 is 0 Å². The molecule has 0 aliphatic rings. The van der Waals surface area contributed by atoms with Crippen LogP contribution in [0.5, 0.6) is 0 Å². The average Bonchev–Trinajstić information content (AvgIpc) is 2.61. The highest BCUT2D eigenvalue weighted by atomic mass is 16.5. The molecule has 2 heterocycles. The third kappa shape index (κ3) is 3.19. The normalized spacial score (nSPS) is 10.7. The molecule has 0 aromatic carbocycles. The molecule has 0 saturated heterocycles. The van der Waals surface area contributed by atoms with Gasteiger partial charge in [0.1, 0.15) is 23.2 Å². The van der Waals surface area contributed by atoms with Crippen molar-refractivity contribution in [2.24, 2.45) is 0 Å². The summed E-state index contributed by atoms with van der Waals surface area (Å²) in [5.74, 6) is 3.58. The maximum atomic E-state index is 4.99. The van der Waals surface area contributed by atoms with Crippen molar-refractivity contribution in [3.05, 3.63) is 23.7 Å². The van der Waals surface area contributed by atoms with Crippen molar-refractivity contribution < 1.29 is 4.52 Å². The molecule has 2 N–H and O–H groups in total. The van der Waals surface area contributed by atoms with Gasteiger partial charge in [-0.15, -0.1) is 0 Å². The fourth-order valence-corrected chi connectivity index (χ4v) is 1.56. The van der Waals surface area contributed by atoms with Crippen LogP contribution in [0.25, 0.3) is 0 Å². The lowest BCUT2D eigenvalue weighted by atomic mass is 10.4. The van der Waals surface area contributed by atoms with Gasteiger partial charge in [-0.05, 0) is 27.7 Å². The summed E-state index contributed by atoms with van der Waals surface area (Å²) in [6.45, 7) is 7.82. The Morgan fingerprint density at radius 1 is 1.06 bits per heavy atom. The van der Waals surface area contributed by atoms with Crippen molar-refractivity contribution in [1.29, 1.82) is 0 Å². The van der Waals surface area contributed by atoms with Gasteiger partial charge in [0.25, 0.3) is 0 Å². The largest absolute Gasteiger partial charge is 0.368 e. The van der Waals surface area contributed by atoms with E-state index in [9.17, 15) is 0 Å². The monoisotopic (exact) mass is 247 g/mol. The van der Waals surface area contributed by atoms with Gasteiger partial charge in [-0.3, -0.25) is 0 Å². The molecule has 0 atom stereocenters. The van der Waals surface area contributed by atoms with Crippen LogP contribution in [0.3, 0.4) is 0 Å². The Balaban J connectivity index is 2.19. The van der Waals surface area contributed by atoms with Gasteiger partial charge in [0.05, 0.1) is 0 Å². The Kier molecular flexibility index (Phi) is 3.45. The second-order valence-electron chi connectivity index (χ2n) is 4.43. The predicted molar refractivity (Wildman–Crippen MR) is 70.1 cm³/mol. The van der Waals surface area contributed by atoms with E-state index in [1.807, 2.05) is 26.0 Å². The molecule has 0 spiro atoms. The smallest absolute Gasteiger partial charge is 0.175 e. The van der Waals surface area contributed by atoms with Crippen LogP contribution in [-0.2, 0) is 0 Å². The number of anilines is 3. The van der Waals surface area contributed by atoms with E-state index in [4.69, 9.17) is 4.52 Å². The van der Waals surface area contributed by atoms with Gasteiger partial charge >= 0.3 is 0 Å². The average molecular weight is 247 g/mol. The standard InChI is InChI=1S/C12H17N5O/c1-7(2)13-10-6-11(15-9(4)14-10)16-12-5-8(3)18-17-12/h5-7H,1-4H3,(H2,13,14,15,16,17). The van der Waals surface area contributed by atoms with Crippen molar-refractivity contribution in [2.45, 2.75) is 33.7 Å². The van der Waals surface area contributed by atoms with E-state index in [1.54, 1.807) is 0 Å². The summed E-state index contributed by atoms with van der Waals surface area (Å²) in [6.07, 6.45) is 0. The van der Waals surface area contributed by atoms with E-state index < -0.39 is 0 Å². The molecule has 6 nitrogen and oxygen atoms in total. The maximum absolute atomic E-state index is 4.99. The van der Waals surface area contributed by atoms with Crippen molar-refractivity contribution >= 4 is 17.5 Å². The predicted octanol–water partition coefficient (Wildman–Crippen LogP) is 2.65. The van der Waals surface area contributed by atoms with Crippen LogP contribution < -0.4 is 10.6 Å². The highest BCUT2D eigenvalue weighted by molar-refractivity contribution is 5.56. The van der Waals surface area contributed by atoms with Gasteiger partial charge < -0.3 is 15.2 Å². The molecule has 2 rings (SSSR count). The van der Waals surface area contributed by atoms with Crippen LogP contribution in [0.4, 0.5) is 17.5 Å². The lowest BCUT2D eigenvalue weighted by Gasteiger charge is -2.11. The first kappa shape index (κ1) is 12.3. The van der Waals surface area contributed by atoms with E-state index in [0.717, 1.165) is 11.6 Å². The molecule has 6 heteroatoms. The van der Waals surface area contributed by atoms with Gasteiger partial charge in [0, 0.05) is 18.2 Å². The Hall–Kier alpha value is -2.11. The zero-order chi connectivity index (χ0) is 13.1.